The lowest BCUT2D eigenvalue weighted by Crippen LogP contribution is -1.97. The largest absolute Gasteiger partial charge is 0.423 e. The number of rotatable bonds is 1. The summed E-state index contributed by atoms with van der Waals surface area (Å²) in [5.74, 6) is 0. The molecule has 0 aromatic carbocycles. The third kappa shape index (κ3) is 15.7. The van der Waals surface area contributed by atoms with Crippen molar-refractivity contribution in [2.45, 2.75) is 0 Å². The van der Waals surface area contributed by atoms with Crippen molar-refractivity contribution >= 4 is 50.8 Å². The fourth-order valence-corrected chi connectivity index (χ4v) is 0. The van der Waals surface area contributed by atoms with E-state index in [1.807, 2.05) is 0 Å². The summed E-state index contributed by atoms with van der Waals surface area (Å²) in [7, 11) is -4.61. The smallest absolute Gasteiger partial charge is 0.262 e. The van der Waals surface area contributed by atoms with Crippen LogP contribution in [0.4, 0.5) is 0 Å². The van der Waals surface area contributed by atoms with Crippen molar-refractivity contribution in [1.82, 2.24) is 0 Å². The Kier molecular flexibility index (Phi) is 12.5. The van der Waals surface area contributed by atoms with Gasteiger partial charge in [0.2, 0.25) is 0 Å². The van der Waals surface area contributed by atoms with Gasteiger partial charge in [0.15, 0.2) is 17.4 Å². The zero-order chi connectivity index (χ0) is 5.21. The fourth-order valence-electron chi connectivity index (χ4n) is 0. The SMILES string of the molecule is O=S(=O)(O)OO.[AlH3].[MgH2]. The van der Waals surface area contributed by atoms with Crippen LogP contribution in [0.5, 0.6) is 0 Å². The summed E-state index contributed by atoms with van der Waals surface area (Å²) in [4.78, 5) is 0. The molecule has 0 aliphatic heterocycles. The summed E-state index contributed by atoms with van der Waals surface area (Å²) < 4.78 is 28.0. The Hall–Kier alpha value is 1.13. The lowest BCUT2D eigenvalue weighted by atomic mass is 15.0. The lowest BCUT2D eigenvalue weighted by Gasteiger charge is -1.79. The van der Waals surface area contributed by atoms with Crippen molar-refractivity contribution in [3.05, 3.63) is 0 Å². The zero-order valence-electron chi connectivity index (χ0n) is 2.53. The monoisotopic (exact) mass is 170 g/mol. The molecule has 0 amide bonds. The molecular weight excluding hydrogens is 163 g/mol. The highest BCUT2D eigenvalue weighted by atomic mass is 32.3. The molecule has 0 aromatic heterocycles. The first-order chi connectivity index (χ1) is 2.56. The minimum Gasteiger partial charge on any atom is -0.262 e. The Bertz CT molecular complexity index is 114. The van der Waals surface area contributed by atoms with Gasteiger partial charge in [-0.2, -0.15) is 8.42 Å². The second-order valence-corrected chi connectivity index (χ2v) is 1.51. The Morgan fingerprint density at radius 2 is 1.50 bits per heavy atom. The van der Waals surface area contributed by atoms with Crippen molar-refractivity contribution in [1.29, 1.82) is 0 Å². The van der Waals surface area contributed by atoms with Crippen molar-refractivity contribution in [3.63, 3.8) is 0 Å². The predicted molar refractivity (Wildman–Crippen MR) is 33.7 cm³/mol. The molecule has 0 aliphatic carbocycles. The topological polar surface area (TPSA) is 83.8 Å². The summed E-state index contributed by atoms with van der Waals surface area (Å²) in [6.07, 6.45) is 0. The lowest BCUT2D eigenvalue weighted by molar-refractivity contribution is -0.139. The molecule has 0 bridgehead atoms. The third-order valence-corrected chi connectivity index (χ3v) is 0.283. The molecule has 0 heterocycles. The molecule has 8 heteroatoms. The molecule has 0 spiro atoms. The van der Waals surface area contributed by atoms with Crippen LogP contribution in [0.2, 0.25) is 0 Å². The second kappa shape index (κ2) is 6.25. The van der Waals surface area contributed by atoms with Crippen LogP contribution in [0.3, 0.4) is 0 Å². The molecule has 0 rings (SSSR count). The Morgan fingerprint density at radius 3 is 1.50 bits per heavy atom. The van der Waals surface area contributed by atoms with E-state index in [-0.39, 0.29) is 40.4 Å². The van der Waals surface area contributed by atoms with E-state index in [4.69, 9.17) is 18.2 Å². The maximum Gasteiger partial charge on any atom is 0.423 e. The fraction of sp³-hybridized carbons (Fsp3) is 0. The van der Waals surface area contributed by atoms with Crippen molar-refractivity contribution in [3.8, 4) is 0 Å². The number of hydrogen-bond acceptors (Lipinski definition) is 4. The first-order valence-corrected chi connectivity index (χ1v) is 2.23. The average molecular weight is 170 g/mol. The van der Waals surface area contributed by atoms with Gasteiger partial charge in [-0.25, -0.2) is 5.26 Å². The van der Waals surface area contributed by atoms with Gasteiger partial charge in [-0.05, 0) is 0 Å². The summed E-state index contributed by atoms with van der Waals surface area (Å²) in [6, 6.07) is 0. The van der Waals surface area contributed by atoms with Gasteiger partial charge in [-0.15, -0.1) is 0 Å². The maximum absolute atomic E-state index is 9.08. The van der Waals surface area contributed by atoms with Gasteiger partial charge in [0.05, 0.1) is 0 Å². The molecule has 8 heavy (non-hydrogen) atoms. The summed E-state index contributed by atoms with van der Waals surface area (Å²) in [6.45, 7) is 0. The highest BCUT2D eigenvalue weighted by molar-refractivity contribution is 7.80. The highest BCUT2D eigenvalue weighted by Crippen LogP contribution is 1.74. The number of hydrogen-bond donors (Lipinski definition) is 2. The molecule has 0 aliphatic rings. The molecule has 5 nitrogen and oxygen atoms in total. The molecule has 0 radical (unpaired) electrons. The van der Waals surface area contributed by atoms with Gasteiger partial charge >= 0.3 is 33.5 Å². The molecule has 0 saturated carbocycles. The van der Waals surface area contributed by atoms with Crippen molar-refractivity contribution < 1.29 is 22.6 Å². The van der Waals surface area contributed by atoms with E-state index < -0.39 is 10.4 Å². The molecule has 48 valence electrons. The van der Waals surface area contributed by atoms with Crippen LogP contribution in [0, 0.1) is 0 Å². The standard InChI is InChI=1S/Al.Mg.H2O5S.5H/c;;1-5-6(2,3)4;;;;;/h;;1H,(H,2,3,4);;;;;. The van der Waals surface area contributed by atoms with Crippen LogP contribution in [-0.2, 0) is 14.7 Å². The van der Waals surface area contributed by atoms with Crippen LogP contribution in [0.15, 0.2) is 0 Å². The van der Waals surface area contributed by atoms with Gasteiger partial charge in [0.25, 0.3) is 0 Å². The zero-order valence-corrected chi connectivity index (χ0v) is 3.34. The Morgan fingerprint density at radius 1 is 1.38 bits per heavy atom. The molecule has 2 N–H and O–H groups in total. The summed E-state index contributed by atoms with van der Waals surface area (Å²) in [5, 5.41) is 7.06. The summed E-state index contributed by atoms with van der Waals surface area (Å²) in [5.41, 5.74) is 0. The Labute approximate surface area is 73.2 Å². The average Bonchev–Trinajstić information content (AvgIpc) is 1.35. The van der Waals surface area contributed by atoms with E-state index in [2.05, 4.69) is 4.33 Å². The second-order valence-electron chi connectivity index (χ2n) is 0.502. The first-order valence-electron chi connectivity index (χ1n) is 0.865. The molecule has 0 unspecified atom stereocenters. The van der Waals surface area contributed by atoms with Crippen LogP contribution < -0.4 is 0 Å². The van der Waals surface area contributed by atoms with Gasteiger partial charge in [-0.3, -0.25) is 4.55 Å². The quantitative estimate of drug-likeness (QED) is 0.192. The van der Waals surface area contributed by atoms with Crippen molar-refractivity contribution in [2.24, 2.45) is 0 Å². The molecule has 0 saturated heterocycles. The van der Waals surface area contributed by atoms with Crippen LogP contribution in [0.25, 0.3) is 0 Å². The van der Waals surface area contributed by atoms with Gasteiger partial charge in [0.1, 0.15) is 0 Å². The van der Waals surface area contributed by atoms with Crippen molar-refractivity contribution in [2.75, 3.05) is 0 Å². The molecule has 0 aromatic rings. The van der Waals surface area contributed by atoms with E-state index >= 15 is 0 Å². The minimum absolute atomic E-state index is 0. The van der Waals surface area contributed by atoms with E-state index in [1.54, 1.807) is 0 Å². The Balaban J connectivity index is -0.000000125. The predicted octanol–water partition coefficient (Wildman–Crippen LogP) is -2.82. The van der Waals surface area contributed by atoms with E-state index in [0.29, 0.717) is 0 Å². The highest BCUT2D eigenvalue weighted by Gasteiger charge is 1.97. The van der Waals surface area contributed by atoms with Gasteiger partial charge < -0.3 is 0 Å². The molecule has 0 fully saturated rings. The van der Waals surface area contributed by atoms with E-state index in [9.17, 15) is 0 Å². The van der Waals surface area contributed by atoms with Crippen LogP contribution in [-0.4, -0.2) is 58.6 Å². The molecule has 0 atom stereocenters. The molecular formula is H7AlMgO5S. The normalized spacial score (nSPS) is 8.75. The van der Waals surface area contributed by atoms with E-state index in [0.717, 1.165) is 0 Å². The van der Waals surface area contributed by atoms with Gasteiger partial charge in [0, 0.05) is 0 Å². The maximum atomic E-state index is 9.08. The third-order valence-electron chi connectivity index (χ3n) is 0.0942. The van der Waals surface area contributed by atoms with E-state index in [1.165, 1.54) is 0 Å². The van der Waals surface area contributed by atoms with Crippen LogP contribution >= 0.6 is 0 Å². The first kappa shape index (κ1) is 16.1. The van der Waals surface area contributed by atoms with Gasteiger partial charge in [-0.1, -0.05) is 4.33 Å². The minimum atomic E-state index is -4.61. The summed E-state index contributed by atoms with van der Waals surface area (Å²) >= 11 is 0. The van der Waals surface area contributed by atoms with Crippen LogP contribution in [0.1, 0.15) is 0 Å².